The van der Waals surface area contributed by atoms with Gasteiger partial charge >= 0.3 is 12.2 Å². The van der Waals surface area contributed by atoms with Crippen LogP contribution >= 0.6 is 0 Å². The van der Waals surface area contributed by atoms with E-state index in [0.717, 1.165) is 22.4 Å². The number of rotatable bonds is 5. The second-order valence-corrected chi connectivity index (χ2v) is 18.7. The normalized spacial score (nSPS) is 14.6. The number of benzene rings is 3. The van der Waals surface area contributed by atoms with Gasteiger partial charge in [-0.15, -0.1) is 5.54 Å². The van der Waals surface area contributed by atoms with Crippen molar-refractivity contribution in [1.29, 1.82) is 0 Å². The molecular formula is C37H45N3O4Si. The minimum absolute atomic E-state index is 0.0102. The van der Waals surface area contributed by atoms with Gasteiger partial charge in [0.2, 0.25) is 0 Å². The minimum Gasteiger partial charge on any atom is -0.449 e. The molecule has 2 aliphatic rings. The van der Waals surface area contributed by atoms with E-state index < -0.39 is 19.8 Å². The zero-order chi connectivity index (χ0) is 32.4. The Hall–Kier alpha value is -4.22. The van der Waals surface area contributed by atoms with Crippen molar-refractivity contribution in [3.8, 4) is 22.6 Å². The molecule has 1 aliphatic carbocycles. The second kappa shape index (κ2) is 13.0. The third kappa shape index (κ3) is 7.90. The lowest BCUT2D eigenvalue weighted by atomic mass is 9.98. The van der Waals surface area contributed by atoms with Gasteiger partial charge in [0.1, 0.15) is 20.3 Å². The van der Waals surface area contributed by atoms with Gasteiger partial charge in [-0.1, -0.05) is 74.1 Å². The number of fused-ring (bicyclic) bond motifs is 3. The first kappa shape index (κ1) is 32.2. The summed E-state index contributed by atoms with van der Waals surface area (Å²) in [5.74, 6) is 3.46. The molecule has 3 aromatic rings. The lowest BCUT2D eigenvalue weighted by Gasteiger charge is -2.37. The van der Waals surface area contributed by atoms with Crippen LogP contribution in [0.25, 0.3) is 11.1 Å². The minimum atomic E-state index is -1.61. The Kier molecular flexibility index (Phi) is 9.31. The average molecular weight is 624 g/mol. The van der Waals surface area contributed by atoms with Gasteiger partial charge in [0.05, 0.1) is 0 Å². The van der Waals surface area contributed by atoms with E-state index >= 15 is 0 Å². The summed E-state index contributed by atoms with van der Waals surface area (Å²) in [6.45, 7) is 17.5. The number of hydrogen-bond acceptors (Lipinski definition) is 5. The van der Waals surface area contributed by atoms with Gasteiger partial charge in [-0.25, -0.2) is 9.59 Å². The SMILES string of the molecule is Cc1c(C#C[Si](C)(C)C)cc(N2CCN(C(=O)OC(C)(C)C)CC2)cc1CNC(=O)OCC1c2ccccc2-c2ccccc21. The molecule has 0 spiro atoms. The molecule has 8 heteroatoms. The highest BCUT2D eigenvalue weighted by Gasteiger charge is 2.29. The predicted molar refractivity (Wildman–Crippen MR) is 183 cm³/mol. The number of ether oxygens (including phenoxy) is 2. The van der Waals surface area contributed by atoms with Gasteiger partial charge < -0.3 is 24.6 Å². The molecule has 45 heavy (non-hydrogen) atoms. The van der Waals surface area contributed by atoms with E-state index in [-0.39, 0.29) is 18.6 Å². The standard InChI is InChI=1S/C37H45N3O4Si/c1-26-27(16-21-45(5,6)7)22-29(39-17-19-40(20-18-39)36(42)44-37(2,3)4)23-28(26)24-38-35(41)43-25-34-32-14-10-8-12-30(32)31-13-9-11-15-33(31)34/h8-15,22-23,34H,17-20,24-25H2,1-7H3,(H,38,41). The molecule has 5 rings (SSSR count). The summed E-state index contributed by atoms with van der Waals surface area (Å²) in [4.78, 5) is 29.7. The third-order valence-corrected chi connectivity index (χ3v) is 9.01. The molecular weight excluding hydrogens is 579 g/mol. The molecule has 0 unspecified atom stereocenters. The first-order valence-electron chi connectivity index (χ1n) is 15.8. The third-order valence-electron chi connectivity index (χ3n) is 8.14. The lowest BCUT2D eigenvalue weighted by Crippen LogP contribution is -2.50. The number of nitrogens with zero attached hydrogens (tertiary/aromatic N) is 2. The van der Waals surface area contributed by atoms with E-state index in [1.165, 1.54) is 22.3 Å². The zero-order valence-electron chi connectivity index (χ0n) is 27.6. The van der Waals surface area contributed by atoms with E-state index in [9.17, 15) is 9.59 Å². The van der Waals surface area contributed by atoms with Crippen LogP contribution in [0.15, 0.2) is 60.7 Å². The number of nitrogens with one attached hydrogen (secondary N) is 1. The van der Waals surface area contributed by atoms with E-state index in [2.05, 4.69) is 84.6 Å². The summed E-state index contributed by atoms with van der Waals surface area (Å²) >= 11 is 0. The van der Waals surface area contributed by atoms with Crippen molar-refractivity contribution in [3.63, 3.8) is 0 Å². The van der Waals surface area contributed by atoms with Crippen LogP contribution in [0.5, 0.6) is 0 Å². The van der Waals surface area contributed by atoms with Crippen molar-refractivity contribution >= 4 is 25.9 Å². The Morgan fingerprint density at radius 3 is 2.11 bits per heavy atom. The quantitative estimate of drug-likeness (QED) is 0.238. The second-order valence-electron chi connectivity index (χ2n) is 13.9. The molecule has 2 amide bonds. The molecule has 1 saturated heterocycles. The van der Waals surface area contributed by atoms with Crippen molar-refractivity contribution in [3.05, 3.63) is 88.5 Å². The van der Waals surface area contributed by atoms with Crippen LogP contribution in [0.1, 0.15) is 54.5 Å². The first-order valence-corrected chi connectivity index (χ1v) is 19.3. The van der Waals surface area contributed by atoms with Gasteiger partial charge in [-0.3, -0.25) is 0 Å². The van der Waals surface area contributed by atoms with Crippen LogP contribution in [0.2, 0.25) is 19.6 Å². The molecule has 0 radical (unpaired) electrons. The molecule has 236 valence electrons. The maximum Gasteiger partial charge on any atom is 0.410 e. The summed E-state index contributed by atoms with van der Waals surface area (Å²) in [5.41, 5.74) is 11.8. The van der Waals surface area contributed by atoms with Gasteiger partial charge in [-0.2, -0.15) is 0 Å². The van der Waals surface area contributed by atoms with E-state index in [1.54, 1.807) is 4.90 Å². The van der Waals surface area contributed by atoms with E-state index in [0.29, 0.717) is 32.7 Å². The topological polar surface area (TPSA) is 71.1 Å². The number of piperazine rings is 1. The highest BCUT2D eigenvalue weighted by Crippen LogP contribution is 2.44. The number of amides is 2. The van der Waals surface area contributed by atoms with Crippen LogP contribution in [0.3, 0.4) is 0 Å². The molecule has 0 saturated carbocycles. The summed E-state index contributed by atoms with van der Waals surface area (Å²) < 4.78 is 11.4. The predicted octanol–water partition coefficient (Wildman–Crippen LogP) is 7.32. The van der Waals surface area contributed by atoms with Gasteiger partial charge in [0.15, 0.2) is 0 Å². The largest absolute Gasteiger partial charge is 0.449 e. The number of anilines is 1. The Morgan fingerprint density at radius 1 is 0.933 bits per heavy atom. The average Bonchev–Trinajstić information content (AvgIpc) is 3.31. The molecule has 0 aromatic heterocycles. The van der Waals surface area contributed by atoms with E-state index in [4.69, 9.17) is 9.47 Å². The van der Waals surface area contributed by atoms with Crippen LogP contribution in [0.4, 0.5) is 15.3 Å². The molecule has 1 heterocycles. The Morgan fingerprint density at radius 2 is 1.53 bits per heavy atom. The van der Waals surface area contributed by atoms with Crippen LogP contribution < -0.4 is 10.2 Å². The zero-order valence-corrected chi connectivity index (χ0v) is 28.6. The summed E-state index contributed by atoms with van der Waals surface area (Å²) in [6.07, 6.45) is -0.719. The number of carbonyl (C=O) groups excluding carboxylic acids is 2. The molecule has 3 aromatic carbocycles. The molecule has 7 nitrogen and oxygen atoms in total. The summed E-state index contributed by atoms with van der Waals surface area (Å²) in [7, 11) is -1.61. The molecule has 1 N–H and O–H groups in total. The smallest absolute Gasteiger partial charge is 0.410 e. The van der Waals surface area contributed by atoms with Gasteiger partial charge in [-0.05, 0) is 73.2 Å². The fourth-order valence-electron chi connectivity index (χ4n) is 5.80. The fraction of sp³-hybridized carbons (Fsp3) is 0.405. The highest BCUT2D eigenvalue weighted by molar-refractivity contribution is 6.83. The lowest BCUT2D eigenvalue weighted by molar-refractivity contribution is 0.0240. The Balaban J connectivity index is 1.28. The van der Waals surface area contributed by atoms with Gasteiger partial charge in [0, 0.05) is 49.9 Å². The first-order chi connectivity index (χ1) is 21.3. The van der Waals surface area contributed by atoms with E-state index in [1.807, 2.05) is 45.0 Å². The van der Waals surface area contributed by atoms with Crippen molar-refractivity contribution in [1.82, 2.24) is 10.2 Å². The van der Waals surface area contributed by atoms with Crippen molar-refractivity contribution in [2.75, 3.05) is 37.7 Å². The van der Waals surface area contributed by atoms with Crippen molar-refractivity contribution in [2.24, 2.45) is 0 Å². The number of alkyl carbamates (subject to hydrolysis) is 1. The fourth-order valence-corrected chi connectivity index (χ4v) is 6.31. The number of carbonyl (C=O) groups is 2. The van der Waals surface area contributed by atoms with Crippen LogP contribution in [0, 0.1) is 18.4 Å². The highest BCUT2D eigenvalue weighted by atomic mass is 28.3. The molecule has 0 bridgehead atoms. The van der Waals surface area contributed by atoms with Crippen molar-refractivity contribution < 1.29 is 19.1 Å². The van der Waals surface area contributed by atoms with Crippen molar-refractivity contribution in [2.45, 2.75) is 65.4 Å². The maximum atomic E-state index is 13.0. The summed E-state index contributed by atoms with van der Waals surface area (Å²) in [6, 6.07) is 20.9. The van der Waals surface area contributed by atoms with Gasteiger partial charge in [0.25, 0.3) is 0 Å². The number of hydrogen-bond donors (Lipinski definition) is 1. The Bertz CT molecular complexity index is 1590. The van der Waals surface area contributed by atoms with Crippen LogP contribution in [-0.4, -0.2) is 63.5 Å². The monoisotopic (exact) mass is 623 g/mol. The molecule has 1 aliphatic heterocycles. The summed E-state index contributed by atoms with van der Waals surface area (Å²) in [5, 5.41) is 3.00. The maximum absolute atomic E-state index is 13.0. The molecule has 0 atom stereocenters. The Labute approximate surface area is 268 Å². The van der Waals surface area contributed by atoms with Crippen LogP contribution in [-0.2, 0) is 16.0 Å². The molecule has 1 fully saturated rings.